The summed E-state index contributed by atoms with van der Waals surface area (Å²) in [7, 11) is 0. The van der Waals surface area contributed by atoms with E-state index >= 15 is 0 Å². The molecular weight excluding hydrogens is 192 g/mol. The quantitative estimate of drug-likeness (QED) is 0.730. The highest BCUT2D eigenvalue weighted by molar-refractivity contribution is 5.93. The minimum atomic E-state index is -0.0459. The van der Waals surface area contributed by atoms with Gasteiger partial charge >= 0.3 is 0 Å². The Hall–Kier alpha value is -1.55. The number of nitrogens with two attached hydrogens (primary N) is 1. The van der Waals surface area contributed by atoms with E-state index in [0.29, 0.717) is 24.5 Å². The Labute approximate surface area is 88.4 Å². The number of amides is 1. The van der Waals surface area contributed by atoms with E-state index in [2.05, 4.69) is 5.32 Å². The Morgan fingerprint density at radius 1 is 1.53 bits per heavy atom. The average molecular weight is 206 g/mol. The fourth-order valence-electron chi connectivity index (χ4n) is 1.52. The Bertz CT molecular complexity index is 388. The van der Waals surface area contributed by atoms with Crippen LogP contribution in [0.3, 0.4) is 0 Å². The van der Waals surface area contributed by atoms with Crippen LogP contribution in [0.2, 0.25) is 0 Å². The van der Waals surface area contributed by atoms with Crippen molar-refractivity contribution in [1.29, 1.82) is 0 Å². The number of rotatable bonds is 1. The van der Waals surface area contributed by atoms with Crippen molar-refractivity contribution in [2.45, 2.75) is 19.4 Å². The van der Waals surface area contributed by atoms with Gasteiger partial charge in [-0.2, -0.15) is 0 Å². The number of hydrogen-bond acceptors (Lipinski definition) is 3. The van der Waals surface area contributed by atoms with Gasteiger partial charge in [-0.25, -0.2) is 0 Å². The molecule has 1 aliphatic heterocycles. The molecule has 1 aromatic carbocycles. The lowest BCUT2D eigenvalue weighted by atomic mass is 10.1. The summed E-state index contributed by atoms with van der Waals surface area (Å²) >= 11 is 0. The first-order valence-corrected chi connectivity index (χ1v) is 4.99. The van der Waals surface area contributed by atoms with Gasteiger partial charge in [0.15, 0.2) is 0 Å². The molecule has 0 saturated carbocycles. The van der Waals surface area contributed by atoms with Crippen molar-refractivity contribution < 1.29 is 9.53 Å². The van der Waals surface area contributed by atoms with E-state index < -0.39 is 0 Å². The van der Waals surface area contributed by atoms with Crippen LogP contribution in [-0.2, 0) is 4.79 Å². The van der Waals surface area contributed by atoms with Crippen molar-refractivity contribution in [1.82, 2.24) is 0 Å². The Morgan fingerprint density at radius 2 is 2.33 bits per heavy atom. The van der Waals surface area contributed by atoms with Crippen LogP contribution in [0.15, 0.2) is 18.2 Å². The highest BCUT2D eigenvalue weighted by Crippen LogP contribution is 2.29. The maximum Gasteiger partial charge on any atom is 0.227 e. The number of ether oxygens (including phenoxy) is 1. The van der Waals surface area contributed by atoms with E-state index in [-0.39, 0.29) is 11.9 Å². The summed E-state index contributed by atoms with van der Waals surface area (Å²) in [5, 5.41) is 2.80. The lowest BCUT2D eigenvalue weighted by Crippen LogP contribution is -2.11. The second-order valence-electron chi connectivity index (χ2n) is 3.69. The van der Waals surface area contributed by atoms with E-state index in [4.69, 9.17) is 10.5 Å². The molecule has 4 nitrogen and oxygen atoms in total. The molecule has 80 valence electrons. The SMILES string of the molecule is CC(N)c1ccc2c(c1)NC(=O)CCO2. The number of benzene rings is 1. The van der Waals surface area contributed by atoms with Crippen LogP contribution in [-0.4, -0.2) is 12.5 Å². The maximum absolute atomic E-state index is 11.3. The summed E-state index contributed by atoms with van der Waals surface area (Å²) in [6.07, 6.45) is 0.391. The van der Waals surface area contributed by atoms with E-state index in [1.165, 1.54) is 0 Å². The van der Waals surface area contributed by atoms with Gasteiger partial charge in [0.25, 0.3) is 0 Å². The molecule has 15 heavy (non-hydrogen) atoms. The first-order chi connectivity index (χ1) is 7.16. The standard InChI is InChI=1S/C11H14N2O2/c1-7(12)8-2-3-10-9(6-8)13-11(14)4-5-15-10/h2-3,6-7H,4-5,12H2,1H3,(H,13,14). The van der Waals surface area contributed by atoms with Crippen LogP contribution in [0.5, 0.6) is 5.75 Å². The predicted octanol–water partition coefficient (Wildman–Crippen LogP) is 1.43. The molecule has 0 fully saturated rings. The van der Waals surface area contributed by atoms with Gasteiger partial charge in [0.2, 0.25) is 5.91 Å². The van der Waals surface area contributed by atoms with Crippen molar-refractivity contribution in [3.8, 4) is 5.75 Å². The number of hydrogen-bond donors (Lipinski definition) is 2. The second-order valence-corrected chi connectivity index (χ2v) is 3.69. The maximum atomic E-state index is 11.3. The third kappa shape index (κ3) is 2.10. The molecular formula is C11H14N2O2. The molecule has 1 unspecified atom stereocenters. The monoisotopic (exact) mass is 206 g/mol. The zero-order chi connectivity index (χ0) is 10.8. The number of nitrogens with one attached hydrogen (secondary N) is 1. The van der Waals surface area contributed by atoms with Crippen molar-refractivity contribution in [2.24, 2.45) is 5.73 Å². The smallest absolute Gasteiger partial charge is 0.227 e. The van der Waals surface area contributed by atoms with Gasteiger partial charge in [-0.3, -0.25) is 4.79 Å². The Morgan fingerprint density at radius 3 is 3.07 bits per heavy atom. The first-order valence-electron chi connectivity index (χ1n) is 4.99. The van der Waals surface area contributed by atoms with Crippen LogP contribution in [0.25, 0.3) is 0 Å². The number of carbonyl (C=O) groups is 1. The number of anilines is 1. The Kier molecular flexibility index (Phi) is 2.60. The molecule has 1 aromatic rings. The highest BCUT2D eigenvalue weighted by atomic mass is 16.5. The third-order valence-electron chi connectivity index (χ3n) is 2.39. The minimum absolute atomic E-state index is 0.0180. The fraction of sp³-hybridized carbons (Fsp3) is 0.364. The molecule has 0 aromatic heterocycles. The summed E-state index contributed by atoms with van der Waals surface area (Å²) in [5.41, 5.74) is 7.47. The van der Waals surface area contributed by atoms with Gasteiger partial charge in [0.05, 0.1) is 18.7 Å². The minimum Gasteiger partial charge on any atom is -0.491 e. The molecule has 0 bridgehead atoms. The van der Waals surface area contributed by atoms with E-state index in [9.17, 15) is 4.79 Å². The lowest BCUT2D eigenvalue weighted by molar-refractivity contribution is -0.116. The average Bonchev–Trinajstić information content (AvgIpc) is 2.37. The van der Waals surface area contributed by atoms with Crippen LogP contribution in [0.1, 0.15) is 24.9 Å². The van der Waals surface area contributed by atoms with Crippen molar-refractivity contribution >= 4 is 11.6 Å². The zero-order valence-corrected chi connectivity index (χ0v) is 8.62. The number of fused-ring (bicyclic) bond motifs is 1. The molecule has 1 amide bonds. The number of carbonyl (C=O) groups excluding carboxylic acids is 1. The molecule has 1 heterocycles. The third-order valence-corrected chi connectivity index (χ3v) is 2.39. The molecule has 1 atom stereocenters. The lowest BCUT2D eigenvalue weighted by Gasteiger charge is -2.11. The second kappa shape index (κ2) is 3.90. The van der Waals surface area contributed by atoms with Crippen LogP contribution in [0, 0.1) is 0 Å². The normalized spacial score (nSPS) is 17.1. The summed E-state index contributed by atoms with van der Waals surface area (Å²) in [4.78, 5) is 11.3. The van der Waals surface area contributed by atoms with Crippen LogP contribution in [0.4, 0.5) is 5.69 Å². The molecule has 3 N–H and O–H groups in total. The first kappa shape index (κ1) is 9.98. The molecule has 1 aliphatic rings. The molecule has 0 aliphatic carbocycles. The van der Waals surface area contributed by atoms with E-state index in [1.54, 1.807) is 0 Å². The predicted molar refractivity (Wildman–Crippen MR) is 57.8 cm³/mol. The van der Waals surface area contributed by atoms with Crippen LogP contribution < -0.4 is 15.8 Å². The summed E-state index contributed by atoms with van der Waals surface area (Å²) in [6.45, 7) is 2.33. The fourth-order valence-corrected chi connectivity index (χ4v) is 1.52. The van der Waals surface area contributed by atoms with E-state index in [0.717, 1.165) is 5.56 Å². The van der Waals surface area contributed by atoms with Gasteiger partial charge < -0.3 is 15.8 Å². The largest absolute Gasteiger partial charge is 0.491 e. The summed E-state index contributed by atoms with van der Waals surface area (Å²) < 4.78 is 5.43. The van der Waals surface area contributed by atoms with Gasteiger partial charge in [0, 0.05) is 6.04 Å². The van der Waals surface area contributed by atoms with Crippen LogP contribution >= 0.6 is 0 Å². The van der Waals surface area contributed by atoms with Gasteiger partial charge in [0.1, 0.15) is 5.75 Å². The zero-order valence-electron chi connectivity index (χ0n) is 8.62. The van der Waals surface area contributed by atoms with Crippen molar-refractivity contribution in [3.63, 3.8) is 0 Å². The molecule has 0 radical (unpaired) electrons. The molecule has 0 saturated heterocycles. The van der Waals surface area contributed by atoms with Crippen molar-refractivity contribution in [3.05, 3.63) is 23.8 Å². The van der Waals surface area contributed by atoms with Gasteiger partial charge in [-0.1, -0.05) is 6.07 Å². The van der Waals surface area contributed by atoms with Crippen molar-refractivity contribution in [2.75, 3.05) is 11.9 Å². The Balaban J connectivity index is 2.37. The molecule has 4 heteroatoms. The van der Waals surface area contributed by atoms with E-state index in [1.807, 2.05) is 25.1 Å². The topological polar surface area (TPSA) is 64.3 Å². The molecule has 2 rings (SSSR count). The van der Waals surface area contributed by atoms with Gasteiger partial charge in [-0.05, 0) is 24.6 Å². The molecule has 0 spiro atoms. The summed E-state index contributed by atoms with van der Waals surface area (Å²) in [5.74, 6) is 0.695. The summed E-state index contributed by atoms with van der Waals surface area (Å²) in [6, 6.07) is 5.58. The highest BCUT2D eigenvalue weighted by Gasteiger charge is 2.14. The van der Waals surface area contributed by atoms with Gasteiger partial charge in [-0.15, -0.1) is 0 Å².